The summed E-state index contributed by atoms with van der Waals surface area (Å²) in [7, 11) is 1.54. The van der Waals surface area contributed by atoms with Gasteiger partial charge in [-0.3, -0.25) is 4.79 Å². The molecule has 0 saturated heterocycles. The molecule has 0 spiro atoms. The van der Waals surface area contributed by atoms with Crippen molar-refractivity contribution in [2.75, 3.05) is 19.5 Å². The SMILES string of the molecule is COc1cc(/C=C(\C#N)C(N)=O)ccc1OCCSc1ccc(C)cc1. The van der Waals surface area contributed by atoms with E-state index in [4.69, 9.17) is 20.5 Å². The molecule has 6 heteroatoms. The van der Waals surface area contributed by atoms with Gasteiger partial charge in [-0.2, -0.15) is 5.26 Å². The van der Waals surface area contributed by atoms with Gasteiger partial charge in [-0.25, -0.2) is 0 Å². The van der Waals surface area contributed by atoms with E-state index in [1.807, 2.05) is 0 Å². The Hall–Kier alpha value is -2.91. The molecule has 1 amide bonds. The minimum absolute atomic E-state index is 0.116. The van der Waals surface area contributed by atoms with Crippen LogP contribution in [0.15, 0.2) is 52.9 Å². The van der Waals surface area contributed by atoms with E-state index in [-0.39, 0.29) is 5.57 Å². The van der Waals surface area contributed by atoms with Crippen molar-refractivity contribution in [1.29, 1.82) is 5.26 Å². The summed E-state index contributed by atoms with van der Waals surface area (Å²) >= 11 is 1.72. The number of nitriles is 1. The smallest absolute Gasteiger partial charge is 0.259 e. The van der Waals surface area contributed by atoms with E-state index in [1.165, 1.54) is 23.6 Å². The molecule has 0 fully saturated rings. The number of hydrogen-bond donors (Lipinski definition) is 1. The monoisotopic (exact) mass is 368 g/mol. The fraction of sp³-hybridized carbons (Fsp3) is 0.200. The van der Waals surface area contributed by atoms with Crippen LogP contribution in [0.1, 0.15) is 11.1 Å². The molecule has 134 valence electrons. The second-order valence-corrected chi connectivity index (χ2v) is 6.62. The Balaban J connectivity index is 1.98. The summed E-state index contributed by atoms with van der Waals surface area (Å²) in [6.07, 6.45) is 1.42. The van der Waals surface area contributed by atoms with Crippen molar-refractivity contribution in [1.82, 2.24) is 0 Å². The van der Waals surface area contributed by atoms with Gasteiger partial charge in [-0.05, 0) is 42.8 Å². The largest absolute Gasteiger partial charge is 0.493 e. The third kappa shape index (κ3) is 5.57. The number of primary amides is 1. The van der Waals surface area contributed by atoms with Crippen LogP contribution in [0.5, 0.6) is 11.5 Å². The number of aryl methyl sites for hydroxylation is 1. The number of amides is 1. The van der Waals surface area contributed by atoms with Gasteiger partial charge in [-0.15, -0.1) is 11.8 Å². The Kier molecular flexibility index (Phi) is 7.12. The normalized spacial score (nSPS) is 10.9. The third-order valence-electron chi connectivity index (χ3n) is 3.52. The molecule has 0 bridgehead atoms. The number of rotatable bonds is 8. The molecule has 0 radical (unpaired) electrons. The Bertz CT molecular complexity index is 839. The average molecular weight is 368 g/mol. The Morgan fingerprint density at radius 2 is 1.96 bits per heavy atom. The number of ether oxygens (including phenoxy) is 2. The number of nitrogens with zero attached hydrogens (tertiary/aromatic N) is 1. The van der Waals surface area contributed by atoms with Crippen molar-refractivity contribution in [2.24, 2.45) is 5.73 Å². The maximum absolute atomic E-state index is 11.1. The van der Waals surface area contributed by atoms with Crippen LogP contribution in [-0.4, -0.2) is 25.4 Å². The molecule has 2 N–H and O–H groups in total. The zero-order chi connectivity index (χ0) is 18.9. The number of carbonyl (C=O) groups is 1. The van der Waals surface area contributed by atoms with Crippen LogP contribution >= 0.6 is 11.8 Å². The molecular weight excluding hydrogens is 348 g/mol. The van der Waals surface area contributed by atoms with Gasteiger partial charge in [0.05, 0.1) is 13.7 Å². The lowest BCUT2D eigenvalue weighted by Crippen LogP contribution is -2.12. The minimum Gasteiger partial charge on any atom is -0.493 e. The maximum atomic E-state index is 11.1. The van der Waals surface area contributed by atoms with E-state index in [0.717, 1.165) is 5.75 Å². The van der Waals surface area contributed by atoms with E-state index < -0.39 is 5.91 Å². The summed E-state index contributed by atoms with van der Waals surface area (Å²) in [6.45, 7) is 2.58. The lowest BCUT2D eigenvalue weighted by atomic mass is 10.1. The number of nitrogens with two attached hydrogens (primary N) is 1. The Labute approximate surface area is 157 Å². The number of methoxy groups -OCH3 is 1. The first kappa shape index (κ1) is 19.4. The van der Waals surface area contributed by atoms with Gasteiger partial charge >= 0.3 is 0 Å². The number of thioether (sulfide) groups is 1. The number of benzene rings is 2. The lowest BCUT2D eigenvalue weighted by Gasteiger charge is -2.11. The Morgan fingerprint density at radius 1 is 1.23 bits per heavy atom. The molecule has 26 heavy (non-hydrogen) atoms. The predicted molar refractivity (Wildman–Crippen MR) is 103 cm³/mol. The second-order valence-electron chi connectivity index (χ2n) is 5.45. The van der Waals surface area contributed by atoms with Crippen molar-refractivity contribution in [2.45, 2.75) is 11.8 Å². The zero-order valence-corrected chi connectivity index (χ0v) is 15.5. The van der Waals surface area contributed by atoms with Gasteiger partial charge < -0.3 is 15.2 Å². The molecule has 5 nitrogen and oxygen atoms in total. The van der Waals surface area contributed by atoms with Crippen molar-refractivity contribution in [3.8, 4) is 17.6 Å². The van der Waals surface area contributed by atoms with E-state index in [1.54, 1.807) is 36.0 Å². The van der Waals surface area contributed by atoms with Gasteiger partial charge in [0.1, 0.15) is 11.6 Å². The molecule has 0 aromatic heterocycles. The highest BCUT2D eigenvalue weighted by atomic mass is 32.2. The first-order chi connectivity index (χ1) is 12.5. The van der Waals surface area contributed by atoms with E-state index in [2.05, 4.69) is 31.2 Å². The molecule has 0 unspecified atom stereocenters. The summed E-state index contributed by atoms with van der Waals surface area (Å²) in [5, 5.41) is 8.91. The van der Waals surface area contributed by atoms with Gasteiger partial charge in [0.2, 0.25) is 0 Å². The lowest BCUT2D eigenvalue weighted by molar-refractivity contribution is -0.114. The second kappa shape index (κ2) is 9.54. The van der Waals surface area contributed by atoms with Crippen molar-refractivity contribution >= 4 is 23.7 Å². The van der Waals surface area contributed by atoms with Gasteiger partial charge in [-0.1, -0.05) is 23.8 Å². The molecule has 0 heterocycles. The number of hydrogen-bond acceptors (Lipinski definition) is 5. The zero-order valence-electron chi connectivity index (χ0n) is 14.7. The third-order valence-corrected chi connectivity index (χ3v) is 4.49. The first-order valence-electron chi connectivity index (χ1n) is 7.95. The fourth-order valence-electron chi connectivity index (χ4n) is 2.16. The summed E-state index contributed by atoms with van der Waals surface area (Å²) < 4.78 is 11.1. The number of carbonyl (C=O) groups excluding carboxylic acids is 1. The van der Waals surface area contributed by atoms with Crippen LogP contribution in [0, 0.1) is 18.3 Å². The van der Waals surface area contributed by atoms with Crippen molar-refractivity contribution < 1.29 is 14.3 Å². The standard InChI is InChI=1S/C20H20N2O3S/c1-14-3-6-17(7-4-14)26-10-9-25-18-8-5-15(12-19(18)24-2)11-16(13-21)20(22)23/h3-8,11-12H,9-10H2,1-2H3,(H2,22,23)/b16-11+. The van der Waals surface area contributed by atoms with Crippen LogP contribution in [0.2, 0.25) is 0 Å². The Morgan fingerprint density at radius 3 is 2.58 bits per heavy atom. The highest BCUT2D eigenvalue weighted by molar-refractivity contribution is 7.99. The van der Waals surface area contributed by atoms with Gasteiger partial charge in [0.15, 0.2) is 11.5 Å². The minimum atomic E-state index is -0.764. The maximum Gasteiger partial charge on any atom is 0.259 e. The summed E-state index contributed by atoms with van der Waals surface area (Å²) in [6, 6.07) is 15.3. The summed E-state index contributed by atoms with van der Waals surface area (Å²) in [4.78, 5) is 12.3. The molecule has 0 atom stereocenters. The molecule has 0 aliphatic carbocycles. The molecule has 2 aromatic carbocycles. The van der Waals surface area contributed by atoms with E-state index in [9.17, 15) is 4.79 Å². The molecule has 0 saturated carbocycles. The van der Waals surface area contributed by atoms with Crippen LogP contribution in [0.25, 0.3) is 6.08 Å². The molecule has 0 aliphatic rings. The molecule has 0 aliphatic heterocycles. The molecule has 2 rings (SSSR count). The first-order valence-corrected chi connectivity index (χ1v) is 8.94. The van der Waals surface area contributed by atoms with Crippen LogP contribution in [0.3, 0.4) is 0 Å². The highest BCUT2D eigenvalue weighted by Gasteiger charge is 2.08. The van der Waals surface area contributed by atoms with Gasteiger partial charge in [0.25, 0.3) is 5.91 Å². The van der Waals surface area contributed by atoms with Crippen LogP contribution in [-0.2, 0) is 4.79 Å². The molecular formula is C20H20N2O3S. The molecule has 2 aromatic rings. The quantitative estimate of drug-likeness (QED) is 0.333. The van der Waals surface area contributed by atoms with E-state index in [0.29, 0.717) is 23.7 Å². The highest BCUT2D eigenvalue weighted by Crippen LogP contribution is 2.29. The van der Waals surface area contributed by atoms with Crippen molar-refractivity contribution in [3.05, 3.63) is 59.2 Å². The van der Waals surface area contributed by atoms with Crippen LogP contribution in [0.4, 0.5) is 0 Å². The van der Waals surface area contributed by atoms with Crippen LogP contribution < -0.4 is 15.2 Å². The summed E-state index contributed by atoms with van der Waals surface area (Å²) in [5.41, 5.74) is 6.90. The van der Waals surface area contributed by atoms with E-state index >= 15 is 0 Å². The van der Waals surface area contributed by atoms with Crippen molar-refractivity contribution in [3.63, 3.8) is 0 Å². The average Bonchev–Trinajstić information content (AvgIpc) is 2.65. The fourth-order valence-corrected chi connectivity index (χ4v) is 2.89. The van der Waals surface area contributed by atoms with Gasteiger partial charge in [0, 0.05) is 10.6 Å². The predicted octanol–water partition coefficient (Wildman–Crippen LogP) is 3.57. The topological polar surface area (TPSA) is 85.3 Å². The summed E-state index contributed by atoms with van der Waals surface area (Å²) in [5.74, 6) is 1.17.